The minimum atomic E-state index is 0.556. The number of hydrogen-bond acceptors (Lipinski definition) is 2. The Kier molecular flexibility index (Phi) is 3.84. The highest BCUT2D eigenvalue weighted by Crippen LogP contribution is 2.43. The van der Waals surface area contributed by atoms with Gasteiger partial charge in [0.05, 0.1) is 9.26 Å². The first-order valence-corrected chi connectivity index (χ1v) is 8.30. The molecule has 0 N–H and O–H groups in total. The van der Waals surface area contributed by atoms with Gasteiger partial charge in [0.25, 0.3) is 0 Å². The van der Waals surface area contributed by atoms with Crippen molar-refractivity contribution in [3.05, 3.63) is 42.7 Å². The van der Waals surface area contributed by atoms with Gasteiger partial charge in [-0.3, -0.25) is 0 Å². The predicted molar refractivity (Wildman–Crippen MR) is 89.6 cm³/mol. The Morgan fingerprint density at radius 1 is 1.32 bits per heavy atom. The summed E-state index contributed by atoms with van der Waals surface area (Å²) in [7, 11) is 0. The molecule has 0 bridgehead atoms. The maximum absolute atomic E-state index is 6.25. The first-order chi connectivity index (χ1) is 9.06. The van der Waals surface area contributed by atoms with Crippen molar-refractivity contribution in [2.75, 3.05) is 0 Å². The van der Waals surface area contributed by atoms with Gasteiger partial charge >= 0.3 is 0 Å². The Hall–Kier alpha value is -0.200. The van der Waals surface area contributed by atoms with Crippen molar-refractivity contribution in [3.63, 3.8) is 0 Å². The fourth-order valence-corrected chi connectivity index (χ4v) is 3.51. The second-order valence-electron chi connectivity index (χ2n) is 4.79. The highest BCUT2D eigenvalue weighted by atomic mass is 127. The van der Waals surface area contributed by atoms with E-state index in [1.165, 1.54) is 18.4 Å². The number of halogens is 3. The van der Waals surface area contributed by atoms with Crippen LogP contribution in [0.1, 0.15) is 30.0 Å². The molecule has 1 aliphatic rings. The number of nitrogens with zero attached hydrogens (tertiary/aromatic N) is 2. The Labute approximate surface area is 139 Å². The van der Waals surface area contributed by atoms with E-state index in [2.05, 4.69) is 62.6 Å². The summed E-state index contributed by atoms with van der Waals surface area (Å²) >= 11 is 12.1. The molecule has 0 spiro atoms. The fraction of sp³-hybridized carbons (Fsp3) is 0.286. The predicted octanol–water partition coefficient (Wildman–Crippen LogP) is 5.35. The Balaban J connectivity index is 2.14. The lowest BCUT2D eigenvalue weighted by atomic mass is 10.1. The molecular weight excluding hydrogens is 438 g/mol. The Morgan fingerprint density at radius 3 is 2.68 bits per heavy atom. The quantitative estimate of drug-likeness (QED) is 0.456. The molecule has 2 aromatic rings. The van der Waals surface area contributed by atoms with Crippen molar-refractivity contribution < 1.29 is 0 Å². The fourth-order valence-electron chi connectivity index (χ4n) is 1.99. The van der Waals surface area contributed by atoms with E-state index in [1.807, 2.05) is 6.07 Å². The molecule has 0 amide bonds. The molecule has 1 heterocycles. The zero-order valence-corrected chi connectivity index (χ0v) is 14.8. The van der Waals surface area contributed by atoms with E-state index in [4.69, 9.17) is 16.6 Å². The topological polar surface area (TPSA) is 25.8 Å². The van der Waals surface area contributed by atoms with Crippen LogP contribution in [0.3, 0.4) is 0 Å². The van der Waals surface area contributed by atoms with Crippen LogP contribution in [0, 0.1) is 10.5 Å². The second-order valence-corrected chi connectivity index (χ2v) is 7.09. The van der Waals surface area contributed by atoms with Crippen molar-refractivity contribution in [1.29, 1.82) is 0 Å². The van der Waals surface area contributed by atoms with Crippen LogP contribution in [0.5, 0.6) is 0 Å². The third kappa shape index (κ3) is 2.81. The van der Waals surface area contributed by atoms with Gasteiger partial charge in [-0.2, -0.15) is 0 Å². The Bertz CT molecular complexity index is 656. The minimum absolute atomic E-state index is 0.556. The number of rotatable bonds is 2. The monoisotopic (exact) mass is 448 g/mol. The van der Waals surface area contributed by atoms with E-state index >= 15 is 0 Å². The summed E-state index contributed by atoms with van der Waals surface area (Å²) in [6.45, 7) is 2.06. The van der Waals surface area contributed by atoms with Crippen LogP contribution in [-0.2, 0) is 0 Å². The molecule has 0 atom stereocenters. The molecule has 5 heteroatoms. The third-order valence-corrected chi connectivity index (χ3v) is 5.48. The summed E-state index contributed by atoms with van der Waals surface area (Å²) < 4.78 is 2.00. The smallest absolute Gasteiger partial charge is 0.162 e. The van der Waals surface area contributed by atoms with Gasteiger partial charge in [0.15, 0.2) is 5.82 Å². The van der Waals surface area contributed by atoms with Crippen molar-refractivity contribution in [3.8, 4) is 11.4 Å². The van der Waals surface area contributed by atoms with E-state index in [0.717, 1.165) is 19.3 Å². The van der Waals surface area contributed by atoms with Crippen molar-refractivity contribution in [2.45, 2.75) is 25.7 Å². The van der Waals surface area contributed by atoms with Gasteiger partial charge in [0.1, 0.15) is 5.15 Å². The molecule has 1 aliphatic carbocycles. The summed E-state index contributed by atoms with van der Waals surface area (Å²) in [6, 6.07) is 6.17. The maximum Gasteiger partial charge on any atom is 0.162 e. The summed E-state index contributed by atoms with van der Waals surface area (Å²) in [6.07, 6.45) is 2.41. The molecule has 0 aliphatic heterocycles. The van der Waals surface area contributed by atoms with E-state index in [-0.39, 0.29) is 0 Å². The van der Waals surface area contributed by atoms with E-state index < -0.39 is 0 Å². The molecule has 98 valence electrons. The standard InChI is InChI=1S/C14H11BrClIN2/c1-7-2-5-9(10(15)6-7)14-18-12(8-3-4-8)11(17)13(16)19-14/h2,5-6,8H,3-4H2,1H3. The summed E-state index contributed by atoms with van der Waals surface area (Å²) in [5.74, 6) is 1.27. The van der Waals surface area contributed by atoms with Crippen LogP contribution in [0.25, 0.3) is 11.4 Å². The molecule has 1 fully saturated rings. The van der Waals surface area contributed by atoms with Crippen LogP contribution < -0.4 is 0 Å². The normalized spacial score (nSPS) is 14.7. The van der Waals surface area contributed by atoms with Gasteiger partial charge in [-0.05, 0) is 60.1 Å². The minimum Gasteiger partial charge on any atom is -0.232 e. The Morgan fingerprint density at radius 2 is 2.05 bits per heavy atom. The largest absolute Gasteiger partial charge is 0.232 e. The number of hydrogen-bond donors (Lipinski definition) is 0. The molecule has 19 heavy (non-hydrogen) atoms. The average Bonchev–Trinajstić information content (AvgIpc) is 3.17. The summed E-state index contributed by atoms with van der Waals surface area (Å²) in [5.41, 5.74) is 3.29. The average molecular weight is 450 g/mol. The molecule has 0 unspecified atom stereocenters. The lowest BCUT2D eigenvalue weighted by Gasteiger charge is -2.09. The molecule has 0 saturated heterocycles. The highest BCUT2D eigenvalue weighted by molar-refractivity contribution is 14.1. The van der Waals surface area contributed by atoms with Crippen LogP contribution in [0.4, 0.5) is 0 Å². The van der Waals surface area contributed by atoms with Crippen LogP contribution in [0.2, 0.25) is 5.15 Å². The zero-order chi connectivity index (χ0) is 13.6. The van der Waals surface area contributed by atoms with E-state index in [9.17, 15) is 0 Å². The molecular formula is C14H11BrClIN2. The van der Waals surface area contributed by atoms with Crippen LogP contribution in [-0.4, -0.2) is 9.97 Å². The molecule has 1 aromatic carbocycles. The van der Waals surface area contributed by atoms with Gasteiger partial charge in [0.2, 0.25) is 0 Å². The summed E-state index contributed by atoms with van der Waals surface area (Å²) in [4.78, 5) is 9.14. The first kappa shape index (κ1) is 13.8. The van der Waals surface area contributed by atoms with E-state index in [1.54, 1.807) is 0 Å². The summed E-state index contributed by atoms with van der Waals surface area (Å²) in [5, 5.41) is 0.556. The van der Waals surface area contributed by atoms with E-state index in [0.29, 0.717) is 16.9 Å². The van der Waals surface area contributed by atoms with Crippen molar-refractivity contribution in [1.82, 2.24) is 9.97 Å². The van der Waals surface area contributed by atoms with Gasteiger partial charge in [-0.25, -0.2) is 9.97 Å². The SMILES string of the molecule is Cc1ccc(-c2nc(Cl)c(I)c(C3CC3)n2)c(Br)c1. The third-order valence-electron chi connectivity index (χ3n) is 3.17. The molecule has 0 radical (unpaired) electrons. The number of aromatic nitrogens is 2. The molecule has 3 rings (SSSR count). The zero-order valence-electron chi connectivity index (χ0n) is 10.3. The van der Waals surface area contributed by atoms with Gasteiger partial charge in [0, 0.05) is 16.0 Å². The van der Waals surface area contributed by atoms with Crippen LogP contribution in [0.15, 0.2) is 22.7 Å². The molecule has 1 aromatic heterocycles. The molecule has 1 saturated carbocycles. The van der Waals surface area contributed by atoms with Crippen LogP contribution >= 0.6 is 50.1 Å². The van der Waals surface area contributed by atoms with Crippen molar-refractivity contribution >= 4 is 50.1 Å². The lowest BCUT2D eigenvalue weighted by Crippen LogP contribution is -2.00. The van der Waals surface area contributed by atoms with Crippen molar-refractivity contribution in [2.24, 2.45) is 0 Å². The van der Waals surface area contributed by atoms with Gasteiger partial charge < -0.3 is 0 Å². The maximum atomic E-state index is 6.25. The first-order valence-electron chi connectivity index (χ1n) is 6.05. The van der Waals surface area contributed by atoms with Gasteiger partial charge in [-0.1, -0.05) is 33.6 Å². The van der Waals surface area contributed by atoms with Gasteiger partial charge in [-0.15, -0.1) is 0 Å². The lowest BCUT2D eigenvalue weighted by molar-refractivity contribution is 0.977. The molecule has 2 nitrogen and oxygen atoms in total. The second kappa shape index (κ2) is 5.30. The number of aryl methyl sites for hydroxylation is 1. The number of benzene rings is 1. The highest BCUT2D eigenvalue weighted by Gasteiger charge is 2.29.